The SMILES string of the molecule is Cc1ccc(C(=O)N2CCC[C@@](COc3cccc(Cl)c3)(CC(=O)N(C)Cc3ccccc3)C2)cc1F. The van der Waals surface area contributed by atoms with Crippen LogP contribution < -0.4 is 4.74 Å². The lowest BCUT2D eigenvalue weighted by Crippen LogP contribution is -2.50. The molecule has 0 aromatic heterocycles. The number of likely N-dealkylation sites (tertiary alicyclic amines) is 1. The predicted molar refractivity (Wildman–Crippen MR) is 143 cm³/mol. The molecule has 0 spiro atoms. The highest BCUT2D eigenvalue weighted by Gasteiger charge is 2.41. The Morgan fingerprint density at radius 3 is 2.59 bits per heavy atom. The van der Waals surface area contributed by atoms with Gasteiger partial charge in [-0.3, -0.25) is 9.59 Å². The standard InChI is InChI=1S/C30H32ClFN2O3/c1-22-12-13-24(16-27(22)32)29(36)34-15-7-14-30(20-34,21-37-26-11-6-10-25(31)17-26)18-28(35)33(2)19-23-8-4-3-5-9-23/h3-6,8-13,16-17H,7,14-15,18-21H2,1-2H3/t30-/m1/s1. The molecule has 2 amide bonds. The quantitative estimate of drug-likeness (QED) is 0.357. The van der Waals surface area contributed by atoms with Gasteiger partial charge in [0.2, 0.25) is 5.91 Å². The van der Waals surface area contributed by atoms with Crippen molar-refractivity contribution < 1.29 is 18.7 Å². The van der Waals surface area contributed by atoms with E-state index in [1.165, 1.54) is 6.07 Å². The third-order valence-corrected chi connectivity index (χ3v) is 7.16. The van der Waals surface area contributed by atoms with E-state index in [1.54, 1.807) is 48.0 Å². The molecule has 5 nitrogen and oxygen atoms in total. The van der Waals surface area contributed by atoms with Crippen molar-refractivity contribution in [2.75, 3.05) is 26.7 Å². The molecule has 1 heterocycles. The van der Waals surface area contributed by atoms with E-state index in [-0.39, 0.29) is 24.8 Å². The second-order valence-corrected chi connectivity index (χ2v) is 10.4. The molecule has 0 unspecified atom stereocenters. The number of aryl methyl sites for hydroxylation is 1. The second-order valence-electron chi connectivity index (χ2n) is 9.95. The lowest BCUT2D eigenvalue weighted by Gasteiger charge is -2.43. The first-order chi connectivity index (χ1) is 17.7. The summed E-state index contributed by atoms with van der Waals surface area (Å²) in [7, 11) is 1.79. The fraction of sp³-hybridized carbons (Fsp3) is 0.333. The zero-order valence-corrected chi connectivity index (χ0v) is 22.0. The van der Waals surface area contributed by atoms with Crippen LogP contribution >= 0.6 is 11.6 Å². The van der Waals surface area contributed by atoms with Gasteiger partial charge in [0.15, 0.2) is 0 Å². The molecule has 3 aromatic rings. The maximum atomic E-state index is 14.2. The first-order valence-electron chi connectivity index (χ1n) is 12.5. The van der Waals surface area contributed by atoms with Gasteiger partial charge in [-0.05, 0) is 61.2 Å². The van der Waals surface area contributed by atoms with Gasteiger partial charge in [0.25, 0.3) is 5.91 Å². The number of nitrogens with zero attached hydrogens (tertiary/aromatic N) is 2. The van der Waals surface area contributed by atoms with Crippen molar-refractivity contribution in [2.24, 2.45) is 5.41 Å². The highest BCUT2D eigenvalue weighted by Crippen LogP contribution is 2.36. The predicted octanol–water partition coefficient (Wildman–Crippen LogP) is 6.14. The maximum Gasteiger partial charge on any atom is 0.253 e. The minimum atomic E-state index is -0.596. The molecular formula is C30H32ClFN2O3. The highest BCUT2D eigenvalue weighted by atomic mass is 35.5. The van der Waals surface area contributed by atoms with Crippen molar-refractivity contribution in [1.29, 1.82) is 0 Å². The van der Waals surface area contributed by atoms with Crippen molar-refractivity contribution in [2.45, 2.75) is 32.7 Å². The summed E-state index contributed by atoms with van der Waals surface area (Å²) >= 11 is 6.14. The summed E-state index contributed by atoms with van der Waals surface area (Å²) in [5, 5.41) is 0.562. The largest absolute Gasteiger partial charge is 0.493 e. The van der Waals surface area contributed by atoms with Crippen LogP contribution in [0.25, 0.3) is 0 Å². The molecule has 0 bridgehead atoms. The van der Waals surface area contributed by atoms with Gasteiger partial charge in [-0.2, -0.15) is 0 Å². The lowest BCUT2D eigenvalue weighted by atomic mass is 9.77. The van der Waals surface area contributed by atoms with E-state index in [0.29, 0.717) is 48.0 Å². The number of hydrogen-bond acceptors (Lipinski definition) is 3. The van der Waals surface area contributed by atoms with Crippen LogP contribution in [-0.4, -0.2) is 48.4 Å². The summed E-state index contributed by atoms with van der Waals surface area (Å²) in [5.74, 6) is -0.0535. The molecule has 1 aliphatic heterocycles. The Morgan fingerprint density at radius 2 is 1.86 bits per heavy atom. The Kier molecular flexibility index (Phi) is 8.49. The maximum absolute atomic E-state index is 14.2. The van der Waals surface area contributed by atoms with Crippen LogP contribution in [0.3, 0.4) is 0 Å². The van der Waals surface area contributed by atoms with E-state index in [1.807, 2.05) is 42.5 Å². The van der Waals surface area contributed by atoms with E-state index < -0.39 is 11.2 Å². The Labute approximate surface area is 222 Å². The molecule has 3 aromatic carbocycles. The van der Waals surface area contributed by atoms with Gasteiger partial charge in [0, 0.05) is 49.1 Å². The molecule has 0 N–H and O–H groups in total. The molecule has 4 rings (SSSR count). The number of benzene rings is 3. The van der Waals surface area contributed by atoms with Gasteiger partial charge in [0.05, 0.1) is 6.61 Å². The van der Waals surface area contributed by atoms with Crippen LogP contribution in [0.15, 0.2) is 72.8 Å². The van der Waals surface area contributed by atoms with E-state index in [2.05, 4.69) is 0 Å². The first kappa shape index (κ1) is 26.7. The Hall–Kier alpha value is -3.38. The molecule has 1 saturated heterocycles. The normalized spacial score (nSPS) is 17.4. The van der Waals surface area contributed by atoms with Crippen LogP contribution in [-0.2, 0) is 11.3 Å². The number of halogens is 2. The van der Waals surface area contributed by atoms with Crippen LogP contribution in [0.5, 0.6) is 5.75 Å². The van der Waals surface area contributed by atoms with Gasteiger partial charge >= 0.3 is 0 Å². The van der Waals surface area contributed by atoms with E-state index >= 15 is 0 Å². The fourth-order valence-electron chi connectivity index (χ4n) is 4.80. The summed E-state index contributed by atoms with van der Waals surface area (Å²) in [6, 6.07) is 21.5. The van der Waals surface area contributed by atoms with E-state index in [4.69, 9.17) is 16.3 Å². The molecule has 37 heavy (non-hydrogen) atoms. The Bertz CT molecular complexity index is 1250. The number of carbonyl (C=O) groups is 2. The fourth-order valence-corrected chi connectivity index (χ4v) is 4.98. The number of ether oxygens (including phenoxy) is 1. The second kappa shape index (κ2) is 11.8. The molecule has 0 radical (unpaired) electrons. The molecule has 0 saturated carbocycles. The zero-order chi connectivity index (χ0) is 26.4. The molecule has 1 aliphatic rings. The third kappa shape index (κ3) is 6.89. The average Bonchev–Trinajstić information content (AvgIpc) is 2.89. The minimum Gasteiger partial charge on any atom is -0.493 e. The van der Waals surface area contributed by atoms with Gasteiger partial charge in [-0.25, -0.2) is 4.39 Å². The van der Waals surface area contributed by atoms with Crippen molar-refractivity contribution in [3.8, 4) is 5.75 Å². The van der Waals surface area contributed by atoms with E-state index in [0.717, 1.165) is 12.0 Å². The number of piperidine rings is 1. The first-order valence-corrected chi connectivity index (χ1v) is 12.8. The van der Waals surface area contributed by atoms with Crippen LogP contribution in [0.1, 0.15) is 40.7 Å². The average molecular weight is 523 g/mol. The smallest absolute Gasteiger partial charge is 0.253 e. The summed E-state index contributed by atoms with van der Waals surface area (Å²) in [6.45, 7) is 3.30. The molecule has 1 atom stereocenters. The zero-order valence-electron chi connectivity index (χ0n) is 21.3. The van der Waals surface area contributed by atoms with Crippen LogP contribution in [0.2, 0.25) is 5.02 Å². The summed E-state index contributed by atoms with van der Waals surface area (Å²) < 4.78 is 20.3. The van der Waals surface area contributed by atoms with Crippen molar-refractivity contribution in [3.63, 3.8) is 0 Å². The third-order valence-electron chi connectivity index (χ3n) is 6.92. The number of hydrogen-bond donors (Lipinski definition) is 0. The molecular weight excluding hydrogens is 491 g/mol. The number of rotatable bonds is 8. The minimum absolute atomic E-state index is 0.0192. The Balaban J connectivity index is 1.54. The van der Waals surface area contributed by atoms with Crippen molar-refractivity contribution in [1.82, 2.24) is 9.80 Å². The highest BCUT2D eigenvalue weighted by molar-refractivity contribution is 6.30. The molecule has 194 valence electrons. The Morgan fingerprint density at radius 1 is 1.08 bits per heavy atom. The summed E-state index contributed by atoms with van der Waals surface area (Å²) in [5.41, 5.74) is 1.25. The summed E-state index contributed by atoms with van der Waals surface area (Å²) in [4.78, 5) is 30.2. The van der Waals surface area contributed by atoms with Gasteiger partial charge in [0.1, 0.15) is 11.6 Å². The van der Waals surface area contributed by atoms with Gasteiger partial charge < -0.3 is 14.5 Å². The van der Waals surface area contributed by atoms with Crippen molar-refractivity contribution in [3.05, 3.63) is 100 Å². The van der Waals surface area contributed by atoms with Crippen molar-refractivity contribution >= 4 is 23.4 Å². The molecule has 7 heteroatoms. The topological polar surface area (TPSA) is 49.9 Å². The molecule has 1 fully saturated rings. The monoisotopic (exact) mass is 522 g/mol. The van der Waals surface area contributed by atoms with Gasteiger partial charge in [-0.1, -0.05) is 54.1 Å². The lowest BCUT2D eigenvalue weighted by molar-refractivity contribution is -0.134. The number of carbonyl (C=O) groups excluding carboxylic acids is 2. The number of amides is 2. The molecule has 0 aliphatic carbocycles. The van der Waals surface area contributed by atoms with E-state index in [9.17, 15) is 14.0 Å². The summed E-state index contributed by atoms with van der Waals surface area (Å²) in [6.07, 6.45) is 1.67. The van der Waals surface area contributed by atoms with Gasteiger partial charge in [-0.15, -0.1) is 0 Å². The van der Waals surface area contributed by atoms with Crippen LogP contribution in [0, 0.1) is 18.2 Å². The van der Waals surface area contributed by atoms with Crippen LogP contribution in [0.4, 0.5) is 4.39 Å².